The number of hydrogen-bond donors (Lipinski definition) is 2. The van der Waals surface area contributed by atoms with Gasteiger partial charge in [-0.3, -0.25) is 9.89 Å². The molecule has 2 rings (SSSR count). The van der Waals surface area contributed by atoms with E-state index in [9.17, 15) is 4.79 Å². The van der Waals surface area contributed by atoms with Crippen LogP contribution in [0.5, 0.6) is 0 Å². The first-order valence-electron chi connectivity index (χ1n) is 6.46. The van der Waals surface area contributed by atoms with Gasteiger partial charge in [0.25, 0.3) is 5.91 Å². The van der Waals surface area contributed by atoms with Crippen molar-refractivity contribution in [1.29, 1.82) is 0 Å². The smallest absolute Gasteiger partial charge is 0.276 e. The third-order valence-electron chi connectivity index (χ3n) is 3.19. The summed E-state index contributed by atoms with van der Waals surface area (Å²) in [6, 6.07) is 5.26. The average Bonchev–Trinajstić information content (AvgIpc) is 2.83. The number of nitrogens with two attached hydrogens (primary N) is 1. The van der Waals surface area contributed by atoms with Crippen LogP contribution in [0.25, 0.3) is 0 Å². The van der Waals surface area contributed by atoms with Gasteiger partial charge in [0, 0.05) is 13.6 Å². The Balaban J connectivity index is 2.15. The molecule has 1 aromatic heterocycles. The Morgan fingerprint density at radius 3 is 2.67 bits per heavy atom. The van der Waals surface area contributed by atoms with E-state index in [1.165, 1.54) is 4.90 Å². The lowest BCUT2D eigenvalue weighted by Crippen LogP contribution is -2.27. The molecule has 3 N–H and O–H groups in total. The zero-order valence-corrected chi connectivity index (χ0v) is 13.3. The molecule has 1 heterocycles. The summed E-state index contributed by atoms with van der Waals surface area (Å²) >= 11 is 11.8. The van der Waals surface area contributed by atoms with Gasteiger partial charge in [-0.25, -0.2) is 0 Å². The van der Waals surface area contributed by atoms with Gasteiger partial charge in [0.05, 0.1) is 21.4 Å². The number of anilines is 1. The highest BCUT2D eigenvalue weighted by atomic mass is 35.5. The molecule has 0 unspecified atom stereocenters. The van der Waals surface area contributed by atoms with Crippen LogP contribution in [0.2, 0.25) is 10.0 Å². The highest BCUT2D eigenvalue weighted by Gasteiger charge is 2.20. The Morgan fingerprint density at radius 1 is 1.38 bits per heavy atom. The number of nitrogens with one attached hydrogen (secondary N) is 1. The van der Waals surface area contributed by atoms with E-state index in [1.54, 1.807) is 19.2 Å². The number of aryl methyl sites for hydroxylation is 1. The molecule has 0 aliphatic rings. The minimum Gasteiger partial charge on any atom is -0.395 e. The molecule has 0 atom stereocenters. The van der Waals surface area contributed by atoms with Crippen molar-refractivity contribution in [2.24, 2.45) is 0 Å². The van der Waals surface area contributed by atoms with Gasteiger partial charge in [-0.05, 0) is 24.1 Å². The summed E-state index contributed by atoms with van der Waals surface area (Å²) in [6.45, 7) is 2.33. The highest BCUT2D eigenvalue weighted by molar-refractivity contribution is 6.42. The molecule has 0 aliphatic heterocycles. The minimum absolute atomic E-state index is 0.241. The number of halogens is 2. The molecule has 0 fully saturated rings. The topological polar surface area (TPSA) is 75.0 Å². The SMILES string of the molecule is CCc1[nH]nc(C(=O)N(C)Cc2ccc(Cl)c(Cl)c2)c1N. The van der Waals surface area contributed by atoms with Crippen molar-refractivity contribution in [2.45, 2.75) is 19.9 Å². The molecule has 1 aromatic carbocycles. The lowest BCUT2D eigenvalue weighted by atomic mass is 10.2. The summed E-state index contributed by atoms with van der Waals surface area (Å²) in [5.41, 5.74) is 8.21. The van der Waals surface area contributed by atoms with E-state index in [1.807, 2.05) is 13.0 Å². The first-order valence-corrected chi connectivity index (χ1v) is 7.21. The first-order chi connectivity index (χ1) is 9.93. The number of aromatic amines is 1. The predicted molar refractivity (Wildman–Crippen MR) is 84.6 cm³/mol. The van der Waals surface area contributed by atoms with Crippen LogP contribution < -0.4 is 5.73 Å². The monoisotopic (exact) mass is 326 g/mol. The van der Waals surface area contributed by atoms with E-state index in [4.69, 9.17) is 28.9 Å². The van der Waals surface area contributed by atoms with Crippen LogP contribution in [0.15, 0.2) is 18.2 Å². The van der Waals surface area contributed by atoms with Gasteiger partial charge >= 0.3 is 0 Å². The normalized spacial score (nSPS) is 10.7. The van der Waals surface area contributed by atoms with E-state index in [0.29, 0.717) is 28.7 Å². The van der Waals surface area contributed by atoms with Gasteiger partial charge in [-0.1, -0.05) is 36.2 Å². The number of hydrogen-bond acceptors (Lipinski definition) is 3. The summed E-state index contributed by atoms with van der Waals surface area (Å²) in [5, 5.41) is 7.72. The highest BCUT2D eigenvalue weighted by Crippen LogP contribution is 2.23. The van der Waals surface area contributed by atoms with Crippen LogP contribution in [0.3, 0.4) is 0 Å². The third-order valence-corrected chi connectivity index (χ3v) is 3.93. The number of H-pyrrole nitrogens is 1. The molecular formula is C14H16Cl2N4O. The second-order valence-corrected chi connectivity index (χ2v) is 5.54. The zero-order valence-electron chi connectivity index (χ0n) is 11.8. The van der Waals surface area contributed by atoms with Crippen molar-refractivity contribution < 1.29 is 4.79 Å². The summed E-state index contributed by atoms with van der Waals surface area (Å²) in [6.07, 6.45) is 0.697. The second kappa shape index (κ2) is 6.37. The standard InChI is InChI=1S/C14H16Cl2N4O/c1-3-11-12(17)13(19-18-11)14(21)20(2)7-8-4-5-9(15)10(16)6-8/h4-6H,3,7,17H2,1-2H3,(H,18,19). The number of nitrogen functional groups attached to an aromatic ring is 1. The molecule has 2 aromatic rings. The van der Waals surface area contributed by atoms with Gasteiger partial charge in [-0.2, -0.15) is 5.10 Å². The lowest BCUT2D eigenvalue weighted by Gasteiger charge is -2.16. The van der Waals surface area contributed by atoms with E-state index in [0.717, 1.165) is 11.3 Å². The Bertz CT molecular complexity index is 669. The van der Waals surface area contributed by atoms with Crippen LogP contribution in [-0.4, -0.2) is 28.1 Å². The maximum Gasteiger partial charge on any atom is 0.276 e. The molecule has 112 valence electrons. The molecule has 7 heteroatoms. The molecule has 0 saturated carbocycles. The van der Waals surface area contributed by atoms with Crippen molar-refractivity contribution >= 4 is 34.8 Å². The number of aromatic nitrogens is 2. The molecular weight excluding hydrogens is 311 g/mol. The van der Waals surface area contributed by atoms with Crippen molar-refractivity contribution in [3.8, 4) is 0 Å². The fourth-order valence-electron chi connectivity index (χ4n) is 1.98. The molecule has 0 radical (unpaired) electrons. The average molecular weight is 327 g/mol. The number of carbonyl (C=O) groups excluding carboxylic acids is 1. The summed E-state index contributed by atoms with van der Waals surface area (Å²) in [4.78, 5) is 13.9. The van der Waals surface area contributed by atoms with E-state index in [2.05, 4.69) is 10.2 Å². The predicted octanol–water partition coefficient (Wildman–Crippen LogP) is 3.13. The Kier molecular flexibility index (Phi) is 4.75. The second-order valence-electron chi connectivity index (χ2n) is 4.73. The number of nitrogens with zero attached hydrogens (tertiary/aromatic N) is 2. The zero-order chi connectivity index (χ0) is 15.6. The van der Waals surface area contributed by atoms with Crippen molar-refractivity contribution in [3.05, 3.63) is 45.2 Å². The van der Waals surface area contributed by atoms with Crippen molar-refractivity contribution in [3.63, 3.8) is 0 Å². The van der Waals surface area contributed by atoms with Crippen LogP contribution in [-0.2, 0) is 13.0 Å². The van der Waals surface area contributed by atoms with Gasteiger partial charge in [0.1, 0.15) is 0 Å². The third kappa shape index (κ3) is 3.31. The van der Waals surface area contributed by atoms with Crippen molar-refractivity contribution in [1.82, 2.24) is 15.1 Å². The van der Waals surface area contributed by atoms with Gasteiger partial charge in [0.15, 0.2) is 5.69 Å². The van der Waals surface area contributed by atoms with E-state index in [-0.39, 0.29) is 11.6 Å². The molecule has 0 spiro atoms. The summed E-state index contributed by atoms with van der Waals surface area (Å²) in [5.74, 6) is -0.241. The number of amides is 1. The van der Waals surface area contributed by atoms with E-state index < -0.39 is 0 Å². The van der Waals surface area contributed by atoms with Gasteiger partial charge in [0.2, 0.25) is 0 Å². The molecule has 0 aliphatic carbocycles. The molecule has 21 heavy (non-hydrogen) atoms. The Morgan fingerprint density at radius 2 is 2.10 bits per heavy atom. The molecule has 0 saturated heterocycles. The van der Waals surface area contributed by atoms with Crippen LogP contribution in [0.1, 0.15) is 28.7 Å². The number of benzene rings is 1. The quantitative estimate of drug-likeness (QED) is 0.906. The largest absolute Gasteiger partial charge is 0.395 e. The fraction of sp³-hybridized carbons (Fsp3) is 0.286. The Hall–Kier alpha value is -1.72. The lowest BCUT2D eigenvalue weighted by molar-refractivity contribution is 0.0780. The molecule has 1 amide bonds. The molecule has 0 bridgehead atoms. The van der Waals surface area contributed by atoms with Gasteiger partial charge in [-0.15, -0.1) is 0 Å². The maximum absolute atomic E-state index is 12.4. The number of carbonyl (C=O) groups is 1. The minimum atomic E-state index is -0.241. The maximum atomic E-state index is 12.4. The van der Waals surface area contributed by atoms with Crippen LogP contribution >= 0.6 is 23.2 Å². The first kappa shape index (κ1) is 15.7. The van der Waals surface area contributed by atoms with Gasteiger partial charge < -0.3 is 10.6 Å². The van der Waals surface area contributed by atoms with E-state index >= 15 is 0 Å². The van der Waals surface area contributed by atoms with Crippen molar-refractivity contribution in [2.75, 3.05) is 12.8 Å². The molecule has 5 nitrogen and oxygen atoms in total. The fourth-order valence-corrected chi connectivity index (χ4v) is 2.30. The Labute approximate surface area is 133 Å². The van der Waals surface area contributed by atoms with Crippen LogP contribution in [0, 0.1) is 0 Å². The van der Waals surface area contributed by atoms with Crippen LogP contribution in [0.4, 0.5) is 5.69 Å². The summed E-state index contributed by atoms with van der Waals surface area (Å²) < 4.78 is 0. The number of rotatable bonds is 4. The summed E-state index contributed by atoms with van der Waals surface area (Å²) in [7, 11) is 1.69.